The van der Waals surface area contributed by atoms with Crippen molar-refractivity contribution >= 4 is 19.4 Å². The predicted octanol–water partition coefficient (Wildman–Crippen LogP) is 5.95. The van der Waals surface area contributed by atoms with Gasteiger partial charge in [0.15, 0.2) is 8.32 Å². The molecule has 0 radical (unpaired) electrons. The zero-order valence-electron chi connectivity index (χ0n) is 20.2. The van der Waals surface area contributed by atoms with Crippen LogP contribution in [0.3, 0.4) is 0 Å². The minimum atomic E-state index is -2.10. The van der Waals surface area contributed by atoms with Crippen LogP contribution in [0.25, 0.3) is 11.0 Å². The third-order valence-corrected chi connectivity index (χ3v) is 12.0. The third-order valence-electron chi connectivity index (χ3n) is 7.53. The highest BCUT2D eigenvalue weighted by Gasteiger charge is 2.54. The molecule has 172 valence electrons. The van der Waals surface area contributed by atoms with Crippen molar-refractivity contribution in [3.8, 4) is 11.6 Å². The van der Waals surface area contributed by atoms with E-state index < -0.39 is 13.9 Å². The standard InChI is InChI=1S/C25H35N3O3Si/c1-17-15-20(21(25(17,5)29)31-32(6,7)24(2,3)4)28-14-13-19-22(28)26-16-27-23(19)30-18-11-9-8-10-12-18/h8-14,16-17,20-21,29H,15H2,1-7H3. The lowest BCUT2D eigenvalue weighted by molar-refractivity contribution is -0.0646. The first-order valence-electron chi connectivity index (χ1n) is 11.4. The van der Waals surface area contributed by atoms with Gasteiger partial charge in [-0.2, -0.15) is 0 Å². The minimum Gasteiger partial charge on any atom is -0.438 e. The second-order valence-corrected chi connectivity index (χ2v) is 15.5. The summed E-state index contributed by atoms with van der Waals surface area (Å²) in [6.45, 7) is 15.2. The van der Waals surface area contributed by atoms with E-state index in [0.29, 0.717) is 5.88 Å². The van der Waals surface area contributed by atoms with Crippen LogP contribution >= 0.6 is 0 Å². The van der Waals surface area contributed by atoms with Crippen LogP contribution in [0.1, 0.15) is 47.1 Å². The first-order chi connectivity index (χ1) is 14.9. The van der Waals surface area contributed by atoms with Gasteiger partial charge >= 0.3 is 0 Å². The van der Waals surface area contributed by atoms with E-state index in [2.05, 4.69) is 55.3 Å². The lowest BCUT2D eigenvalue weighted by atomic mass is 9.93. The zero-order valence-corrected chi connectivity index (χ0v) is 21.2. The molecule has 32 heavy (non-hydrogen) atoms. The fourth-order valence-electron chi connectivity index (χ4n) is 4.24. The van der Waals surface area contributed by atoms with Gasteiger partial charge in [0, 0.05) is 6.20 Å². The lowest BCUT2D eigenvalue weighted by Gasteiger charge is -2.43. The molecule has 0 saturated heterocycles. The molecule has 1 saturated carbocycles. The largest absolute Gasteiger partial charge is 0.438 e. The van der Waals surface area contributed by atoms with E-state index in [0.717, 1.165) is 23.2 Å². The van der Waals surface area contributed by atoms with Crippen molar-refractivity contribution in [3.63, 3.8) is 0 Å². The van der Waals surface area contributed by atoms with Gasteiger partial charge < -0.3 is 18.8 Å². The van der Waals surface area contributed by atoms with Gasteiger partial charge in [0.1, 0.15) is 17.7 Å². The quantitative estimate of drug-likeness (QED) is 0.484. The predicted molar refractivity (Wildman–Crippen MR) is 130 cm³/mol. The fraction of sp³-hybridized carbons (Fsp3) is 0.520. The molecule has 0 aliphatic heterocycles. The van der Waals surface area contributed by atoms with Crippen molar-refractivity contribution in [2.75, 3.05) is 0 Å². The highest BCUT2D eigenvalue weighted by Crippen LogP contribution is 2.49. The molecule has 1 aromatic carbocycles. The van der Waals surface area contributed by atoms with Gasteiger partial charge in [0.2, 0.25) is 5.88 Å². The van der Waals surface area contributed by atoms with Crippen molar-refractivity contribution in [2.24, 2.45) is 5.92 Å². The smallest absolute Gasteiger partial charge is 0.231 e. The van der Waals surface area contributed by atoms with Crippen LogP contribution in [0.5, 0.6) is 11.6 Å². The number of hydrogen-bond acceptors (Lipinski definition) is 5. The Balaban J connectivity index is 1.73. The van der Waals surface area contributed by atoms with Crippen LogP contribution in [0, 0.1) is 5.92 Å². The molecule has 1 fully saturated rings. The van der Waals surface area contributed by atoms with Gasteiger partial charge in [-0.15, -0.1) is 0 Å². The summed E-state index contributed by atoms with van der Waals surface area (Å²) < 4.78 is 15.0. The number of rotatable bonds is 5. The molecule has 1 aliphatic rings. The van der Waals surface area contributed by atoms with Crippen LogP contribution in [0.2, 0.25) is 18.1 Å². The average Bonchev–Trinajstić information content (AvgIpc) is 3.23. The Kier molecular flexibility index (Phi) is 5.72. The molecule has 0 spiro atoms. The maximum Gasteiger partial charge on any atom is 0.231 e. The fourth-order valence-corrected chi connectivity index (χ4v) is 5.63. The van der Waals surface area contributed by atoms with E-state index in [9.17, 15) is 5.11 Å². The first-order valence-corrected chi connectivity index (χ1v) is 14.3. The van der Waals surface area contributed by atoms with E-state index in [4.69, 9.17) is 9.16 Å². The number of fused-ring (bicyclic) bond motifs is 1. The number of hydrogen-bond donors (Lipinski definition) is 1. The van der Waals surface area contributed by atoms with Gasteiger partial charge in [-0.3, -0.25) is 0 Å². The highest BCUT2D eigenvalue weighted by atomic mass is 28.4. The highest BCUT2D eigenvalue weighted by molar-refractivity contribution is 6.74. The van der Waals surface area contributed by atoms with Crippen molar-refractivity contribution < 1.29 is 14.3 Å². The number of benzene rings is 1. The molecule has 0 amide bonds. The summed E-state index contributed by atoms with van der Waals surface area (Å²) in [6, 6.07) is 11.6. The molecule has 4 unspecified atom stereocenters. The van der Waals surface area contributed by atoms with Crippen LogP contribution in [0.4, 0.5) is 0 Å². The Bertz CT molecular complexity index is 1090. The first kappa shape index (κ1) is 23.0. The monoisotopic (exact) mass is 453 g/mol. The summed E-state index contributed by atoms with van der Waals surface area (Å²) >= 11 is 0. The second kappa shape index (κ2) is 7.97. The number of aromatic nitrogens is 3. The van der Waals surface area contributed by atoms with Crippen LogP contribution in [0.15, 0.2) is 48.9 Å². The van der Waals surface area contributed by atoms with Gasteiger partial charge in [-0.25, -0.2) is 9.97 Å². The van der Waals surface area contributed by atoms with Crippen LogP contribution in [-0.4, -0.2) is 39.7 Å². The van der Waals surface area contributed by atoms with Gasteiger partial charge in [-0.05, 0) is 55.6 Å². The van der Waals surface area contributed by atoms with Crippen LogP contribution < -0.4 is 4.74 Å². The Morgan fingerprint density at radius 3 is 2.47 bits per heavy atom. The number of para-hydroxylation sites is 1. The molecule has 2 heterocycles. The molecule has 7 heteroatoms. The van der Waals surface area contributed by atoms with Gasteiger partial charge in [-0.1, -0.05) is 45.9 Å². The second-order valence-electron chi connectivity index (χ2n) is 10.8. The molecule has 6 nitrogen and oxygen atoms in total. The SMILES string of the molecule is CC1CC(n2ccc3c(Oc4ccccc4)ncnc32)C(O[Si](C)(C)C(C)(C)C)C1(C)O. The number of nitrogens with zero attached hydrogens (tertiary/aromatic N) is 3. The molecule has 1 aliphatic carbocycles. The average molecular weight is 454 g/mol. The molecule has 1 N–H and O–H groups in total. The molecule has 2 aromatic heterocycles. The van der Waals surface area contributed by atoms with E-state index in [1.165, 1.54) is 6.33 Å². The van der Waals surface area contributed by atoms with Crippen molar-refractivity contribution in [2.45, 2.75) is 76.9 Å². The molecule has 4 rings (SSSR count). The summed E-state index contributed by atoms with van der Waals surface area (Å²) in [5, 5.41) is 12.4. The summed E-state index contributed by atoms with van der Waals surface area (Å²) in [5.41, 5.74) is -0.127. The van der Waals surface area contributed by atoms with Crippen LogP contribution in [-0.2, 0) is 4.43 Å². The van der Waals surface area contributed by atoms with Gasteiger partial charge in [0.05, 0.1) is 23.1 Å². The number of aliphatic hydroxyl groups is 1. The minimum absolute atomic E-state index is 0.0221. The maximum absolute atomic E-state index is 11.5. The molecular weight excluding hydrogens is 418 g/mol. The lowest BCUT2D eigenvalue weighted by Crippen LogP contribution is -2.52. The van der Waals surface area contributed by atoms with Crippen molar-refractivity contribution in [1.29, 1.82) is 0 Å². The van der Waals surface area contributed by atoms with Crippen molar-refractivity contribution in [3.05, 3.63) is 48.9 Å². The Labute approximate surface area is 191 Å². The van der Waals surface area contributed by atoms with Gasteiger partial charge in [0.25, 0.3) is 0 Å². The molecule has 4 atom stereocenters. The summed E-state index contributed by atoms with van der Waals surface area (Å²) in [7, 11) is -2.10. The number of ether oxygens (including phenoxy) is 1. The topological polar surface area (TPSA) is 69.4 Å². The normalized spacial score (nSPS) is 26.6. The van der Waals surface area contributed by atoms with E-state index in [1.807, 2.05) is 49.5 Å². The van der Waals surface area contributed by atoms with E-state index in [1.54, 1.807) is 0 Å². The van der Waals surface area contributed by atoms with Crippen molar-refractivity contribution in [1.82, 2.24) is 14.5 Å². The Morgan fingerprint density at radius 1 is 1.12 bits per heavy atom. The summed E-state index contributed by atoms with van der Waals surface area (Å²) in [5.74, 6) is 1.36. The molecule has 0 bridgehead atoms. The zero-order chi connectivity index (χ0) is 23.3. The third kappa shape index (κ3) is 3.98. The van der Waals surface area contributed by atoms with E-state index in [-0.39, 0.29) is 23.1 Å². The molecule has 3 aromatic rings. The summed E-state index contributed by atoms with van der Waals surface area (Å²) in [6.07, 6.45) is 4.06. The summed E-state index contributed by atoms with van der Waals surface area (Å²) in [4.78, 5) is 8.96. The van der Waals surface area contributed by atoms with E-state index >= 15 is 0 Å². The Hall–Kier alpha value is -2.22. The maximum atomic E-state index is 11.5. The molecular formula is C25H35N3O3Si. The Morgan fingerprint density at radius 2 is 1.81 bits per heavy atom.